The number of nitriles is 1. The largest absolute Gasteiger partial charge is 0.269 e. The zero-order valence-electron chi connectivity index (χ0n) is 11.1. The highest BCUT2D eigenvalue weighted by Gasteiger charge is 2.17. The standard InChI is InChI=1S/C11H15N3O4S2/c1-19(15,16)13-7-8-14(20(2,17)18)11-5-3-10(9-12)4-6-11/h3-6,13H,7-8H2,1-2H3. The van der Waals surface area contributed by atoms with Crippen molar-refractivity contribution in [1.29, 1.82) is 5.26 Å². The predicted octanol–water partition coefficient (Wildman–Crippen LogP) is -0.127. The van der Waals surface area contributed by atoms with E-state index in [9.17, 15) is 16.8 Å². The van der Waals surface area contributed by atoms with Gasteiger partial charge in [-0.3, -0.25) is 4.31 Å². The van der Waals surface area contributed by atoms with Gasteiger partial charge < -0.3 is 0 Å². The van der Waals surface area contributed by atoms with Crippen LogP contribution in [0.15, 0.2) is 24.3 Å². The second-order valence-corrected chi connectivity index (χ2v) is 7.90. The second kappa shape index (κ2) is 6.21. The highest BCUT2D eigenvalue weighted by molar-refractivity contribution is 7.92. The maximum absolute atomic E-state index is 11.7. The molecule has 0 aliphatic rings. The van der Waals surface area contributed by atoms with Gasteiger partial charge in [-0.2, -0.15) is 5.26 Å². The number of sulfonamides is 2. The van der Waals surface area contributed by atoms with E-state index in [0.29, 0.717) is 11.3 Å². The molecule has 20 heavy (non-hydrogen) atoms. The van der Waals surface area contributed by atoms with Crippen LogP contribution < -0.4 is 9.03 Å². The molecule has 110 valence electrons. The van der Waals surface area contributed by atoms with Gasteiger partial charge in [0.25, 0.3) is 0 Å². The first-order valence-corrected chi connectivity index (χ1v) is 9.30. The van der Waals surface area contributed by atoms with Crippen LogP contribution in [0.2, 0.25) is 0 Å². The summed E-state index contributed by atoms with van der Waals surface area (Å²) in [4.78, 5) is 0. The molecule has 0 radical (unpaired) electrons. The maximum Gasteiger partial charge on any atom is 0.232 e. The number of nitrogens with zero attached hydrogens (tertiary/aromatic N) is 2. The average molecular weight is 317 g/mol. The molecule has 0 heterocycles. The Hall–Kier alpha value is -1.63. The van der Waals surface area contributed by atoms with Crippen LogP contribution >= 0.6 is 0 Å². The van der Waals surface area contributed by atoms with E-state index in [1.807, 2.05) is 6.07 Å². The third kappa shape index (κ3) is 5.16. The molecule has 0 aliphatic carbocycles. The minimum Gasteiger partial charge on any atom is -0.269 e. The minimum absolute atomic E-state index is 0.0300. The first-order valence-electron chi connectivity index (χ1n) is 5.56. The fourth-order valence-electron chi connectivity index (χ4n) is 1.52. The molecule has 1 aromatic rings. The molecule has 0 fully saturated rings. The summed E-state index contributed by atoms with van der Waals surface area (Å²) in [5.41, 5.74) is 0.790. The van der Waals surface area contributed by atoms with Crippen LogP contribution in [0.5, 0.6) is 0 Å². The topological polar surface area (TPSA) is 107 Å². The molecule has 1 N–H and O–H groups in total. The minimum atomic E-state index is -3.54. The normalized spacial score (nSPS) is 11.8. The number of rotatable bonds is 6. The van der Waals surface area contributed by atoms with Crippen molar-refractivity contribution < 1.29 is 16.8 Å². The van der Waals surface area contributed by atoms with Gasteiger partial charge in [-0.25, -0.2) is 21.6 Å². The van der Waals surface area contributed by atoms with Crippen molar-refractivity contribution in [2.45, 2.75) is 0 Å². The van der Waals surface area contributed by atoms with Crippen LogP contribution in [0.4, 0.5) is 5.69 Å². The molecule has 0 atom stereocenters. The maximum atomic E-state index is 11.7. The molecular weight excluding hydrogens is 302 g/mol. The third-order valence-corrected chi connectivity index (χ3v) is 4.29. The van der Waals surface area contributed by atoms with Crippen molar-refractivity contribution in [1.82, 2.24) is 4.72 Å². The van der Waals surface area contributed by atoms with E-state index in [-0.39, 0.29) is 13.1 Å². The molecule has 7 nitrogen and oxygen atoms in total. The Morgan fingerprint density at radius 3 is 2.10 bits per heavy atom. The Kier molecular flexibility index (Phi) is 5.10. The molecule has 1 aromatic carbocycles. The predicted molar refractivity (Wildman–Crippen MR) is 76.2 cm³/mol. The fraction of sp³-hybridized carbons (Fsp3) is 0.364. The summed E-state index contributed by atoms with van der Waals surface area (Å²) in [6.45, 7) is -0.0658. The fourth-order valence-corrected chi connectivity index (χ4v) is 2.91. The van der Waals surface area contributed by atoms with E-state index < -0.39 is 20.0 Å². The molecule has 0 saturated heterocycles. The van der Waals surface area contributed by atoms with Crippen LogP contribution in [0, 0.1) is 11.3 Å². The SMILES string of the molecule is CS(=O)(=O)NCCN(c1ccc(C#N)cc1)S(C)(=O)=O. The van der Waals surface area contributed by atoms with Gasteiger partial charge in [0.05, 0.1) is 29.8 Å². The number of hydrogen-bond donors (Lipinski definition) is 1. The van der Waals surface area contributed by atoms with Gasteiger partial charge in [0.2, 0.25) is 20.0 Å². The Labute approximate surface area is 118 Å². The molecule has 0 amide bonds. The van der Waals surface area contributed by atoms with Gasteiger partial charge in [-0.1, -0.05) is 0 Å². The van der Waals surface area contributed by atoms with Crippen LogP contribution in [-0.4, -0.2) is 42.4 Å². The quantitative estimate of drug-likeness (QED) is 0.786. The highest BCUT2D eigenvalue weighted by atomic mass is 32.2. The molecular formula is C11H15N3O4S2. The zero-order valence-corrected chi connectivity index (χ0v) is 12.7. The van der Waals surface area contributed by atoms with Crippen LogP contribution in [0.25, 0.3) is 0 Å². The molecule has 0 spiro atoms. The van der Waals surface area contributed by atoms with E-state index >= 15 is 0 Å². The zero-order chi connectivity index (χ0) is 15.4. The van der Waals surface area contributed by atoms with Gasteiger partial charge >= 0.3 is 0 Å². The first-order chi connectivity index (χ1) is 9.13. The summed E-state index contributed by atoms with van der Waals surface area (Å²) >= 11 is 0. The van der Waals surface area contributed by atoms with Crippen molar-refractivity contribution in [3.8, 4) is 6.07 Å². The first kappa shape index (κ1) is 16.4. The van der Waals surface area contributed by atoms with Gasteiger partial charge in [0.15, 0.2) is 0 Å². The number of anilines is 1. The van der Waals surface area contributed by atoms with Gasteiger partial charge in [0.1, 0.15) is 0 Å². The van der Waals surface area contributed by atoms with Crippen molar-refractivity contribution in [2.75, 3.05) is 29.9 Å². The molecule has 0 saturated carbocycles. The highest BCUT2D eigenvalue weighted by Crippen LogP contribution is 2.17. The smallest absolute Gasteiger partial charge is 0.232 e. The summed E-state index contributed by atoms with van der Waals surface area (Å²) in [6.07, 6.45) is 2.03. The molecule has 1 rings (SSSR count). The van der Waals surface area contributed by atoms with Crippen molar-refractivity contribution >= 4 is 25.7 Å². The van der Waals surface area contributed by atoms with E-state index in [0.717, 1.165) is 16.8 Å². The van der Waals surface area contributed by atoms with E-state index in [2.05, 4.69) is 4.72 Å². The lowest BCUT2D eigenvalue weighted by Crippen LogP contribution is -2.37. The monoisotopic (exact) mass is 317 g/mol. The number of hydrogen-bond acceptors (Lipinski definition) is 5. The van der Waals surface area contributed by atoms with E-state index in [1.54, 1.807) is 0 Å². The van der Waals surface area contributed by atoms with Crippen molar-refractivity contribution in [2.24, 2.45) is 0 Å². The summed E-state index contributed by atoms with van der Waals surface area (Å²) in [5.74, 6) is 0. The van der Waals surface area contributed by atoms with Crippen molar-refractivity contribution in [3.05, 3.63) is 29.8 Å². The van der Waals surface area contributed by atoms with Crippen LogP contribution in [-0.2, 0) is 20.0 Å². The second-order valence-electron chi connectivity index (χ2n) is 4.16. The summed E-state index contributed by atoms with van der Waals surface area (Å²) in [6, 6.07) is 7.93. The Morgan fingerprint density at radius 1 is 1.15 bits per heavy atom. The number of nitrogens with one attached hydrogen (secondary N) is 1. The lowest BCUT2D eigenvalue weighted by Gasteiger charge is -2.22. The Morgan fingerprint density at radius 2 is 1.70 bits per heavy atom. The summed E-state index contributed by atoms with van der Waals surface area (Å²) in [7, 11) is -6.91. The summed E-state index contributed by atoms with van der Waals surface area (Å²) < 4.78 is 48.7. The third-order valence-electron chi connectivity index (χ3n) is 2.36. The lowest BCUT2D eigenvalue weighted by molar-refractivity contribution is 0.583. The van der Waals surface area contributed by atoms with Gasteiger partial charge in [0, 0.05) is 13.1 Å². The molecule has 0 bridgehead atoms. The molecule has 0 aromatic heterocycles. The average Bonchev–Trinajstić information content (AvgIpc) is 2.32. The van der Waals surface area contributed by atoms with E-state index in [1.165, 1.54) is 24.3 Å². The Balaban J connectivity index is 2.93. The van der Waals surface area contributed by atoms with Crippen LogP contribution in [0.1, 0.15) is 5.56 Å². The molecule has 0 unspecified atom stereocenters. The van der Waals surface area contributed by atoms with Crippen LogP contribution in [0.3, 0.4) is 0 Å². The van der Waals surface area contributed by atoms with Gasteiger partial charge in [-0.15, -0.1) is 0 Å². The lowest BCUT2D eigenvalue weighted by atomic mass is 10.2. The molecule has 0 aliphatic heterocycles. The summed E-state index contributed by atoms with van der Waals surface area (Å²) in [5, 5.41) is 8.70. The van der Waals surface area contributed by atoms with Gasteiger partial charge in [-0.05, 0) is 24.3 Å². The van der Waals surface area contributed by atoms with E-state index in [4.69, 9.17) is 5.26 Å². The molecule has 9 heteroatoms. The number of benzene rings is 1. The Bertz CT molecular complexity index is 703. The van der Waals surface area contributed by atoms with Crippen molar-refractivity contribution in [3.63, 3.8) is 0 Å².